The van der Waals surface area contributed by atoms with Crippen molar-refractivity contribution in [3.63, 3.8) is 0 Å². The lowest BCUT2D eigenvalue weighted by molar-refractivity contribution is 1.03. The second-order valence-electron chi connectivity index (χ2n) is 4.31. The van der Waals surface area contributed by atoms with Crippen LogP contribution >= 0.6 is 12.2 Å². The summed E-state index contributed by atoms with van der Waals surface area (Å²) in [5, 5.41) is 3.32. The summed E-state index contributed by atoms with van der Waals surface area (Å²) in [6.45, 7) is 4.48. The van der Waals surface area contributed by atoms with E-state index in [9.17, 15) is 0 Å². The summed E-state index contributed by atoms with van der Waals surface area (Å²) in [5.74, 6) is 0. The summed E-state index contributed by atoms with van der Waals surface area (Å²) in [5.41, 5.74) is 10.2. The summed E-state index contributed by atoms with van der Waals surface area (Å²) >= 11 is 5.09. The fourth-order valence-corrected chi connectivity index (χ4v) is 2.23. The SMILES string of the molecule is Cc1cc(NCc2ccccn2)c(C(N)=S)c(C)n1. The van der Waals surface area contributed by atoms with E-state index in [1.54, 1.807) is 6.20 Å². The standard InChI is InChI=1S/C14H16N4S/c1-9-7-12(13(14(15)19)10(2)18-9)17-8-11-5-3-4-6-16-11/h3-7H,8H2,1-2H3,(H2,15,19)(H,17,18). The third-order valence-electron chi connectivity index (χ3n) is 2.76. The quantitative estimate of drug-likeness (QED) is 0.836. The largest absolute Gasteiger partial charge is 0.389 e. The Morgan fingerprint density at radius 3 is 2.79 bits per heavy atom. The van der Waals surface area contributed by atoms with Crippen molar-refractivity contribution in [3.05, 3.63) is 53.1 Å². The van der Waals surface area contributed by atoms with Crippen molar-refractivity contribution in [2.24, 2.45) is 5.73 Å². The Balaban J connectivity index is 2.27. The maximum atomic E-state index is 5.77. The molecule has 0 aliphatic heterocycles. The molecule has 0 spiro atoms. The zero-order chi connectivity index (χ0) is 13.8. The minimum absolute atomic E-state index is 0.355. The Hall–Kier alpha value is -2.01. The maximum absolute atomic E-state index is 5.77. The van der Waals surface area contributed by atoms with Gasteiger partial charge in [0.15, 0.2) is 0 Å². The normalized spacial score (nSPS) is 10.2. The Morgan fingerprint density at radius 1 is 1.37 bits per heavy atom. The third-order valence-corrected chi connectivity index (χ3v) is 2.97. The Labute approximate surface area is 118 Å². The molecule has 0 amide bonds. The van der Waals surface area contributed by atoms with Gasteiger partial charge in [-0.05, 0) is 32.0 Å². The molecule has 0 aliphatic rings. The van der Waals surface area contributed by atoms with E-state index in [1.807, 2.05) is 38.1 Å². The average molecular weight is 272 g/mol. The van der Waals surface area contributed by atoms with Crippen molar-refractivity contribution in [2.45, 2.75) is 20.4 Å². The lowest BCUT2D eigenvalue weighted by Crippen LogP contribution is -2.16. The molecule has 0 bridgehead atoms. The molecule has 0 unspecified atom stereocenters. The van der Waals surface area contributed by atoms with Crippen LogP contribution in [0.15, 0.2) is 30.5 Å². The van der Waals surface area contributed by atoms with Crippen molar-refractivity contribution < 1.29 is 0 Å². The molecule has 0 aromatic carbocycles. The summed E-state index contributed by atoms with van der Waals surface area (Å²) in [4.78, 5) is 9.01. The zero-order valence-corrected chi connectivity index (χ0v) is 11.8. The molecule has 0 radical (unpaired) electrons. The Bertz CT molecular complexity index is 596. The van der Waals surface area contributed by atoms with Crippen LogP contribution in [0.5, 0.6) is 0 Å². The lowest BCUT2D eigenvalue weighted by atomic mass is 10.1. The molecule has 3 N–H and O–H groups in total. The molecule has 4 nitrogen and oxygen atoms in total. The number of nitrogens with two attached hydrogens (primary N) is 1. The van der Waals surface area contributed by atoms with Crippen LogP contribution in [0.2, 0.25) is 0 Å². The molecule has 2 rings (SSSR count). The summed E-state index contributed by atoms with van der Waals surface area (Å²) in [6.07, 6.45) is 1.77. The molecule has 5 heteroatoms. The molecule has 19 heavy (non-hydrogen) atoms. The fourth-order valence-electron chi connectivity index (χ4n) is 1.97. The number of aryl methyl sites for hydroxylation is 2. The number of pyridine rings is 2. The topological polar surface area (TPSA) is 63.8 Å². The van der Waals surface area contributed by atoms with Gasteiger partial charge in [-0.1, -0.05) is 18.3 Å². The molecular formula is C14H16N4S. The molecule has 2 aromatic heterocycles. The van der Waals surface area contributed by atoms with Crippen LogP contribution in [-0.4, -0.2) is 15.0 Å². The highest BCUT2D eigenvalue weighted by molar-refractivity contribution is 7.80. The van der Waals surface area contributed by atoms with Crippen LogP contribution in [0.3, 0.4) is 0 Å². The number of nitrogens with zero attached hydrogens (tertiary/aromatic N) is 2. The average Bonchev–Trinajstić information content (AvgIpc) is 2.36. The van der Waals surface area contributed by atoms with Crippen molar-refractivity contribution in [1.29, 1.82) is 0 Å². The zero-order valence-electron chi connectivity index (χ0n) is 11.0. The van der Waals surface area contributed by atoms with Crippen molar-refractivity contribution in [3.8, 4) is 0 Å². The van der Waals surface area contributed by atoms with Crippen LogP contribution in [0, 0.1) is 13.8 Å². The van der Waals surface area contributed by atoms with E-state index in [2.05, 4.69) is 15.3 Å². The first-order chi connectivity index (χ1) is 9.08. The third kappa shape index (κ3) is 3.26. The predicted octanol–water partition coefficient (Wildman–Crippen LogP) is 2.34. The van der Waals surface area contributed by atoms with Gasteiger partial charge >= 0.3 is 0 Å². The summed E-state index contributed by atoms with van der Waals surface area (Å²) in [6, 6.07) is 7.77. The number of hydrogen-bond donors (Lipinski definition) is 2. The number of aromatic nitrogens is 2. The molecule has 0 atom stereocenters. The number of thiocarbonyl (C=S) groups is 1. The van der Waals surface area contributed by atoms with Crippen LogP contribution < -0.4 is 11.1 Å². The van der Waals surface area contributed by atoms with Gasteiger partial charge in [-0.2, -0.15) is 0 Å². The van der Waals surface area contributed by atoms with E-state index >= 15 is 0 Å². The van der Waals surface area contributed by atoms with Crippen molar-refractivity contribution >= 4 is 22.9 Å². The minimum Gasteiger partial charge on any atom is -0.389 e. The van der Waals surface area contributed by atoms with Crippen LogP contribution in [0.25, 0.3) is 0 Å². The van der Waals surface area contributed by atoms with Crippen LogP contribution in [0.1, 0.15) is 22.6 Å². The van der Waals surface area contributed by atoms with Crippen molar-refractivity contribution in [1.82, 2.24) is 9.97 Å². The lowest BCUT2D eigenvalue weighted by Gasteiger charge is -2.14. The Kier molecular flexibility index (Phi) is 4.06. The van der Waals surface area contributed by atoms with E-state index in [1.165, 1.54) is 0 Å². The molecule has 2 heterocycles. The van der Waals surface area contributed by atoms with E-state index in [0.29, 0.717) is 11.5 Å². The molecule has 0 saturated carbocycles. The molecule has 0 aliphatic carbocycles. The smallest absolute Gasteiger partial charge is 0.107 e. The first kappa shape index (κ1) is 13.4. The number of anilines is 1. The highest BCUT2D eigenvalue weighted by atomic mass is 32.1. The van der Waals surface area contributed by atoms with Gasteiger partial charge < -0.3 is 11.1 Å². The van der Waals surface area contributed by atoms with Gasteiger partial charge in [-0.15, -0.1) is 0 Å². The molecule has 98 valence electrons. The second-order valence-corrected chi connectivity index (χ2v) is 4.75. The minimum atomic E-state index is 0.355. The van der Waals surface area contributed by atoms with Gasteiger partial charge in [0.2, 0.25) is 0 Å². The van der Waals surface area contributed by atoms with Crippen LogP contribution in [-0.2, 0) is 6.54 Å². The van der Waals surface area contributed by atoms with Gasteiger partial charge in [-0.25, -0.2) is 0 Å². The number of hydrogen-bond acceptors (Lipinski definition) is 4. The highest BCUT2D eigenvalue weighted by Gasteiger charge is 2.10. The monoisotopic (exact) mass is 272 g/mol. The Morgan fingerprint density at radius 2 is 2.16 bits per heavy atom. The molecular weight excluding hydrogens is 256 g/mol. The first-order valence-corrected chi connectivity index (χ1v) is 6.40. The molecule has 2 aromatic rings. The number of nitrogens with one attached hydrogen (secondary N) is 1. The second kappa shape index (κ2) is 5.75. The highest BCUT2D eigenvalue weighted by Crippen LogP contribution is 2.20. The summed E-state index contributed by atoms with van der Waals surface area (Å²) < 4.78 is 0. The van der Waals surface area contributed by atoms with Crippen molar-refractivity contribution in [2.75, 3.05) is 5.32 Å². The summed E-state index contributed by atoms with van der Waals surface area (Å²) in [7, 11) is 0. The first-order valence-electron chi connectivity index (χ1n) is 5.99. The fraction of sp³-hybridized carbons (Fsp3) is 0.214. The predicted molar refractivity (Wildman–Crippen MR) is 81.2 cm³/mol. The number of rotatable bonds is 4. The van der Waals surface area contributed by atoms with Gasteiger partial charge in [0.05, 0.1) is 17.8 Å². The molecule has 0 fully saturated rings. The van der Waals surface area contributed by atoms with Gasteiger partial charge in [-0.3, -0.25) is 9.97 Å². The van der Waals surface area contributed by atoms with Gasteiger partial charge in [0.25, 0.3) is 0 Å². The van der Waals surface area contributed by atoms with E-state index in [-0.39, 0.29) is 0 Å². The van der Waals surface area contributed by atoms with Gasteiger partial charge in [0.1, 0.15) is 4.99 Å². The van der Waals surface area contributed by atoms with E-state index in [4.69, 9.17) is 18.0 Å². The maximum Gasteiger partial charge on any atom is 0.107 e. The van der Waals surface area contributed by atoms with Gasteiger partial charge in [0, 0.05) is 23.3 Å². The van der Waals surface area contributed by atoms with E-state index < -0.39 is 0 Å². The van der Waals surface area contributed by atoms with E-state index in [0.717, 1.165) is 28.3 Å². The molecule has 0 saturated heterocycles. The van der Waals surface area contributed by atoms with Crippen LogP contribution in [0.4, 0.5) is 5.69 Å².